The summed E-state index contributed by atoms with van der Waals surface area (Å²) in [5.74, 6) is 1.77. The third kappa shape index (κ3) is 6.03. The van der Waals surface area contributed by atoms with Gasteiger partial charge in [-0.25, -0.2) is 15.0 Å². The quantitative estimate of drug-likeness (QED) is 0.149. The van der Waals surface area contributed by atoms with E-state index >= 15 is 0 Å². The number of benzene rings is 8. The lowest BCUT2D eigenvalue weighted by Crippen LogP contribution is -2.28. The fourth-order valence-electron chi connectivity index (χ4n) is 9.54. The molecule has 0 aliphatic heterocycles. The van der Waals surface area contributed by atoms with Gasteiger partial charge in [0.05, 0.1) is 22.0 Å². The van der Waals surface area contributed by atoms with Crippen molar-refractivity contribution in [2.45, 2.75) is 5.41 Å². The highest BCUT2D eigenvalue weighted by atomic mass is 15.0. The fourth-order valence-corrected chi connectivity index (χ4v) is 9.54. The summed E-state index contributed by atoms with van der Waals surface area (Å²) in [6.45, 7) is 0. The molecule has 0 fully saturated rings. The molecule has 0 atom stereocenters. The number of nitrogens with zero attached hydrogens (tertiary/aromatic N) is 6. The average molecular weight is 805 g/mol. The van der Waals surface area contributed by atoms with Gasteiger partial charge in [0.15, 0.2) is 17.5 Å². The van der Waals surface area contributed by atoms with Gasteiger partial charge in [0.1, 0.15) is 0 Å². The Balaban J connectivity index is 1.14. The second-order valence-electron chi connectivity index (χ2n) is 15.9. The van der Waals surface area contributed by atoms with E-state index in [0.717, 1.165) is 60.9 Å². The third-order valence-electron chi connectivity index (χ3n) is 12.3. The molecule has 0 spiro atoms. The summed E-state index contributed by atoms with van der Waals surface area (Å²) >= 11 is 0. The summed E-state index contributed by atoms with van der Waals surface area (Å²) in [5, 5.41) is 0.939. The van der Waals surface area contributed by atoms with Crippen LogP contribution in [0.1, 0.15) is 22.3 Å². The molecule has 1 aliphatic carbocycles. The molecule has 0 bridgehead atoms. The number of pyridine rings is 1. The van der Waals surface area contributed by atoms with Crippen molar-refractivity contribution >= 4 is 21.9 Å². The third-order valence-corrected chi connectivity index (χ3v) is 12.3. The molecule has 0 radical (unpaired) electrons. The van der Waals surface area contributed by atoms with Crippen LogP contribution in [-0.4, -0.2) is 29.9 Å². The zero-order chi connectivity index (χ0) is 41.7. The summed E-state index contributed by atoms with van der Waals surface area (Å²) in [6, 6.07) is 70.7. The molecular weight excluding hydrogens is 769 g/mol. The van der Waals surface area contributed by atoms with E-state index in [1.165, 1.54) is 33.4 Å². The van der Waals surface area contributed by atoms with E-state index in [1.807, 2.05) is 72.9 Å². The van der Waals surface area contributed by atoms with E-state index in [2.05, 4.69) is 133 Å². The van der Waals surface area contributed by atoms with Gasteiger partial charge in [-0.15, -0.1) is 0 Å². The van der Waals surface area contributed by atoms with Gasteiger partial charge in [0, 0.05) is 46.2 Å². The van der Waals surface area contributed by atoms with E-state index in [9.17, 15) is 0 Å². The molecule has 0 saturated carbocycles. The van der Waals surface area contributed by atoms with Crippen molar-refractivity contribution in [2.75, 3.05) is 0 Å². The Hall–Kier alpha value is -8.48. The second-order valence-corrected chi connectivity index (χ2v) is 15.9. The highest BCUT2D eigenvalue weighted by Gasteiger charge is 2.46. The van der Waals surface area contributed by atoms with E-state index < -0.39 is 5.41 Å². The average Bonchev–Trinajstić information content (AvgIpc) is 3.67. The number of aromatic nitrogens is 6. The molecular formula is C57H36N6. The van der Waals surface area contributed by atoms with Gasteiger partial charge in [0.2, 0.25) is 0 Å². The Morgan fingerprint density at radius 1 is 0.302 bits per heavy atom. The molecule has 294 valence electrons. The van der Waals surface area contributed by atoms with Crippen molar-refractivity contribution in [2.24, 2.45) is 0 Å². The number of fused-ring (bicyclic) bond motifs is 6. The highest BCUT2D eigenvalue weighted by molar-refractivity contribution is 6.09. The van der Waals surface area contributed by atoms with Crippen LogP contribution in [0.4, 0.5) is 0 Å². The fraction of sp³-hybridized carbons (Fsp3) is 0.0175. The van der Waals surface area contributed by atoms with E-state index in [1.54, 1.807) is 12.4 Å². The van der Waals surface area contributed by atoms with Crippen LogP contribution >= 0.6 is 0 Å². The Morgan fingerprint density at radius 3 is 1.52 bits per heavy atom. The lowest BCUT2D eigenvalue weighted by Gasteiger charge is -2.34. The van der Waals surface area contributed by atoms with Gasteiger partial charge >= 0.3 is 0 Å². The van der Waals surface area contributed by atoms with Gasteiger partial charge < -0.3 is 0 Å². The van der Waals surface area contributed by atoms with E-state index in [0.29, 0.717) is 17.5 Å². The zero-order valence-corrected chi connectivity index (χ0v) is 34.0. The minimum absolute atomic E-state index is 0.550. The molecule has 1 aliphatic rings. The van der Waals surface area contributed by atoms with Crippen LogP contribution in [0.25, 0.3) is 89.5 Å². The zero-order valence-electron chi connectivity index (χ0n) is 34.0. The molecule has 6 nitrogen and oxygen atoms in total. The van der Waals surface area contributed by atoms with Crippen molar-refractivity contribution in [1.29, 1.82) is 0 Å². The second kappa shape index (κ2) is 14.9. The monoisotopic (exact) mass is 804 g/mol. The summed E-state index contributed by atoms with van der Waals surface area (Å²) in [5.41, 5.74) is 16.0. The molecule has 8 aromatic carbocycles. The normalized spacial score (nSPS) is 12.6. The molecule has 0 amide bonds. The smallest absolute Gasteiger partial charge is 0.164 e. The topological polar surface area (TPSA) is 77.3 Å². The minimum atomic E-state index is -0.550. The first kappa shape index (κ1) is 36.4. The maximum Gasteiger partial charge on any atom is 0.164 e. The summed E-state index contributed by atoms with van der Waals surface area (Å²) in [4.78, 5) is 29.9. The minimum Gasteiger partial charge on any atom is -0.256 e. The predicted molar refractivity (Wildman–Crippen MR) is 253 cm³/mol. The molecule has 12 rings (SSSR count). The van der Waals surface area contributed by atoms with Crippen molar-refractivity contribution in [3.63, 3.8) is 0 Å². The molecule has 0 saturated heterocycles. The van der Waals surface area contributed by atoms with Crippen molar-refractivity contribution in [3.8, 4) is 67.5 Å². The Bertz CT molecular complexity index is 3410. The first-order chi connectivity index (χ1) is 31.2. The molecule has 3 heterocycles. The Kier molecular flexibility index (Phi) is 8.61. The number of hydrogen-bond acceptors (Lipinski definition) is 6. The van der Waals surface area contributed by atoms with Gasteiger partial charge in [-0.1, -0.05) is 158 Å². The molecule has 63 heavy (non-hydrogen) atoms. The first-order valence-electron chi connectivity index (χ1n) is 21.1. The maximum atomic E-state index is 5.21. The van der Waals surface area contributed by atoms with Gasteiger partial charge in [-0.3, -0.25) is 15.0 Å². The lowest BCUT2D eigenvalue weighted by molar-refractivity contribution is 0.769. The van der Waals surface area contributed by atoms with Crippen LogP contribution in [0.5, 0.6) is 0 Å². The van der Waals surface area contributed by atoms with Crippen LogP contribution in [0, 0.1) is 0 Å². The van der Waals surface area contributed by atoms with Gasteiger partial charge in [0.25, 0.3) is 0 Å². The predicted octanol–water partition coefficient (Wildman–Crippen LogP) is 13.1. The van der Waals surface area contributed by atoms with E-state index in [4.69, 9.17) is 29.9 Å². The van der Waals surface area contributed by atoms with Crippen LogP contribution < -0.4 is 0 Å². The first-order valence-corrected chi connectivity index (χ1v) is 21.1. The SMILES string of the molecule is c1ccc(-c2nc(-c3ccccc3)nc(-c3cc(-c4ccc5c(c4)C(c4ccccc4)(c4ccccc4)c4ccccc4-5)cc(-c4cc5nccnc5c5cccnc45)c3)n2)cc1. The Labute approximate surface area is 364 Å². The van der Waals surface area contributed by atoms with Crippen LogP contribution in [0.15, 0.2) is 219 Å². The Morgan fingerprint density at radius 2 is 0.841 bits per heavy atom. The van der Waals surface area contributed by atoms with Crippen LogP contribution in [0.2, 0.25) is 0 Å². The number of hydrogen-bond donors (Lipinski definition) is 0. The van der Waals surface area contributed by atoms with Gasteiger partial charge in [-0.2, -0.15) is 0 Å². The molecule has 6 heteroatoms. The highest BCUT2D eigenvalue weighted by Crippen LogP contribution is 2.56. The molecule has 11 aromatic rings. The van der Waals surface area contributed by atoms with Crippen molar-refractivity contribution < 1.29 is 0 Å². The summed E-state index contributed by atoms with van der Waals surface area (Å²) in [6.07, 6.45) is 5.32. The molecule has 0 N–H and O–H groups in total. The number of rotatable bonds is 7. The van der Waals surface area contributed by atoms with E-state index in [-0.39, 0.29) is 0 Å². The van der Waals surface area contributed by atoms with Crippen LogP contribution in [0.3, 0.4) is 0 Å². The van der Waals surface area contributed by atoms with Crippen molar-refractivity contribution in [3.05, 3.63) is 241 Å². The van der Waals surface area contributed by atoms with Crippen LogP contribution in [-0.2, 0) is 5.41 Å². The molecule has 3 aromatic heterocycles. The van der Waals surface area contributed by atoms with Crippen molar-refractivity contribution in [1.82, 2.24) is 29.9 Å². The standard InChI is InChI=1S/C57H36N6/c1-5-16-37(17-6-1)54-61-55(38-18-7-2-8-19-38)63-56(62-54)42-33-40(32-41(34-42)48-36-51-53(60-31-30-58-51)47-25-15-29-59-52(47)48)39-27-28-46-45-24-13-14-26-49(45)57(50(46)35-39,43-20-9-3-10-21-43)44-22-11-4-12-23-44/h1-36H. The maximum absolute atomic E-state index is 5.21. The molecule has 0 unspecified atom stereocenters. The largest absolute Gasteiger partial charge is 0.256 e. The summed E-state index contributed by atoms with van der Waals surface area (Å²) < 4.78 is 0. The van der Waals surface area contributed by atoms with Gasteiger partial charge in [-0.05, 0) is 92.5 Å². The summed E-state index contributed by atoms with van der Waals surface area (Å²) in [7, 11) is 0. The lowest BCUT2D eigenvalue weighted by atomic mass is 9.67.